The van der Waals surface area contributed by atoms with E-state index in [2.05, 4.69) is 9.88 Å². The summed E-state index contributed by atoms with van der Waals surface area (Å²) in [5.74, 6) is -2.42. The maximum absolute atomic E-state index is 9.10. The monoisotopic (exact) mass is 391 g/mol. The largest absolute Gasteiger partial charge is 0.473 e. The highest BCUT2D eigenvalue weighted by molar-refractivity contribution is 7.18. The number of aliphatic carboxylic acids is 2. The second kappa shape index (κ2) is 9.12. The molecule has 1 saturated heterocycles. The van der Waals surface area contributed by atoms with Crippen LogP contribution in [0.15, 0.2) is 6.33 Å². The Morgan fingerprint density at radius 3 is 2.19 bits per heavy atom. The van der Waals surface area contributed by atoms with Gasteiger partial charge in [0.2, 0.25) is 0 Å². The number of aromatic nitrogens is 2. The van der Waals surface area contributed by atoms with Crippen LogP contribution in [-0.2, 0) is 22.4 Å². The van der Waals surface area contributed by atoms with E-state index in [0.717, 1.165) is 13.1 Å². The summed E-state index contributed by atoms with van der Waals surface area (Å²) >= 11 is 1.92. The molecule has 2 aromatic heterocycles. The van der Waals surface area contributed by atoms with Crippen LogP contribution >= 0.6 is 11.3 Å². The molecule has 27 heavy (non-hydrogen) atoms. The van der Waals surface area contributed by atoms with E-state index in [1.165, 1.54) is 73.8 Å². The Hall–Kier alpha value is -2.22. The molecule has 0 radical (unpaired) electrons. The molecule has 1 aliphatic carbocycles. The molecule has 1 aliphatic heterocycles. The molecule has 0 unspecified atom stereocenters. The van der Waals surface area contributed by atoms with Crippen molar-refractivity contribution in [3.63, 3.8) is 0 Å². The topological polar surface area (TPSA) is 104 Å². The molecule has 0 bridgehead atoms. The van der Waals surface area contributed by atoms with E-state index in [4.69, 9.17) is 24.8 Å². The zero-order valence-corrected chi connectivity index (χ0v) is 16.1. The zero-order chi connectivity index (χ0) is 19.2. The van der Waals surface area contributed by atoms with Gasteiger partial charge in [0.05, 0.1) is 5.39 Å². The van der Waals surface area contributed by atoms with Gasteiger partial charge in [-0.1, -0.05) is 19.3 Å². The van der Waals surface area contributed by atoms with E-state index in [-0.39, 0.29) is 0 Å². The van der Waals surface area contributed by atoms with Crippen molar-refractivity contribution in [2.45, 2.75) is 57.8 Å². The zero-order valence-electron chi connectivity index (χ0n) is 15.3. The molecule has 2 aliphatic rings. The fraction of sp³-hybridized carbons (Fsp3) is 0.579. The Kier molecular flexibility index (Phi) is 6.60. The summed E-state index contributed by atoms with van der Waals surface area (Å²) in [7, 11) is 0. The summed E-state index contributed by atoms with van der Waals surface area (Å²) in [6.45, 7) is 2.33. The number of carbonyl (C=O) groups is 2. The van der Waals surface area contributed by atoms with Gasteiger partial charge in [0.25, 0.3) is 0 Å². The summed E-state index contributed by atoms with van der Waals surface area (Å²) in [5.41, 5.74) is 1.58. The molecular weight excluding hydrogens is 366 g/mol. The third kappa shape index (κ3) is 4.74. The first-order chi connectivity index (χ1) is 13.1. The second-order valence-electron chi connectivity index (χ2n) is 6.95. The van der Waals surface area contributed by atoms with Crippen LogP contribution in [0.2, 0.25) is 0 Å². The number of thiophene rings is 1. The van der Waals surface area contributed by atoms with Crippen molar-refractivity contribution in [3.8, 4) is 0 Å². The molecule has 0 amide bonds. The lowest BCUT2D eigenvalue weighted by Gasteiger charge is -2.22. The van der Waals surface area contributed by atoms with Gasteiger partial charge < -0.3 is 15.1 Å². The molecule has 1 fully saturated rings. The lowest BCUT2D eigenvalue weighted by atomic mass is 10.1. The molecule has 7 nitrogen and oxygen atoms in total. The lowest BCUT2D eigenvalue weighted by molar-refractivity contribution is -0.159. The number of hydrogen-bond acceptors (Lipinski definition) is 6. The van der Waals surface area contributed by atoms with E-state index in [1.54, 1.807) is 16.8 Å². The Labute approximate surface area is 162 Å². The maximum atomic E-state index is 9.10. The first-order valence-corrected chi connectivity index (χ1v) is 10.4. The van der Waals surface area contributed by atoms with Gasteiger partial charge in [-0.3, -0.25) is 0 Å². The van der Waals surface area contributed by atoms with E-state index >= 15 is 0 Å². The second-order valence-corrected chi connectivity index (χ2v) is 8.04. The van der Waals surface area contributed by atoms with Crippen LogP contribution in [-0.4, -0.2) is 45.2 Å². The Balaban J connectivity index is 0.000000307. The van der Waals surface area contributed by atoms with Crippen LogP contribution in [0, 0.1) is 0 Å². The van der Waals surface area contributed by atoms with Gasteiger partial charge in [0.15, 0.2) is 0 Å². The minimum absolute atomic E-state index is 1.16. The van der Waals surface area contributed by atoms with Crippen LogP contribution in [0.1, 0.15) is 55.4 Å². The predicted octanol–water partition coefficient (Wildman–Crippen LogP) is 3.50. The minimum Gasteiger partial charge on any atom is -0.473 e. The lowest BCUT2D eigenvalue weighted by Crippen LogP contribution is -2.25. The van der Waals surface area contributed by atoms with Gasteiger partial charge in [-0.15, -0.1) is 11.3 Å². The summed E-state index contributed by atoms with van der Waals surface area (Å²) < 4.78 is 0. The van der Waals surface area contributed by atoms with E-state index in [9.17, 15) is 0 Å². The molecule has 0 saturated carbocycles. The van der Waals surface area contributed by atoms with Crippen LogP contribution < -0.4 is 4.90 Å². The molecule has 0 atom stereocenters. The molecular formula is C19H25N3O4S. The number of fused-ring (bicyclic) bond motifs is 3. The normalized spacial score (nSPS) is 17.3. The molecule has 3 heterocycles. The standard InChI is InChI=1S/C17H23N3S.C2H2O4/c1-2-7-11-20(10-6-1)16-15-13-8-4-3-5-9-14(13)21-17(15)19-12-18-16;3-1(4)2(5)6/h12H,1-11H2;(H,3,4)(H,5,6). The average Bonchev–Trinajstić information content (AvgIpc) is 2.85. The molecule has 2 N–H and O–H groups in total. The molecule has 8 heteroatoms. The Bertz CT molecular complexity index is 801. The third-order valence-corrected chi connectivity index (χ3v) is 6.27. The van der Waals surface area contributed by atoms with Crippen molar-refractivity contribution in [2.75, 3.05) is 18.0 Å². The summed E-state index contributed by atoms with van der Waals surface area (Å²) in [4.78, 5) is 32.8. The third-order valence-electron chi connectivity index (χ3n) is 5.07. The highest BCUT2D eigenvalue weighted by atomic mass is 32.1. The molecule has 2 aromatic rings. The highest BCUT2D eigenvalue weighted by Gasteiger charge is 2.22. The number of carboxylic acids is 2. The SMILES string of the molecule is O=C(O)C(=O)O.c1nc(N2CCCCCC2)c2c3c(sc2n1)CCCCC3. The quantitative estimate of drug-likeness (QED) is 0.566. The van der Waals surface area contributed by atoms with E-state index in [1.807, 2.05) is 11.3 Å². The molecule has 4 rings (SSSR count). The van der Waals surface area contributed by atoms with Crippen molar-refractivity contribution in [2.24, 2.45) is 0 Å². The molecule has 146 valence electrons. The first kappa shape index (κ1) is 19.5. The van der Waals surface area contributed by atoms with Gasteiger partial charge in [-0.25, -0.2) is 19.6 Å². The van der Waals surface area contributed by atoms with Gasteiger partial charge in [-0.05, 0) is 44.1 Å². The number of aryl methyl sites for hydroxylation is 2. The minimum atomic E-state index is -1.82. The van der Waals surface area contributed by atoms with Crippen LogP contribution in [0.3, 0.4) is 0 Å². The maximum Gasteiger partial charge on any atom is 0.414 e. The Morgan fingerprint density at radius 2 is 1.52 bits per heavy atom. The number of rotatable bonds is 1. The van der Waals surface area contributed by atoms with Crippen LogP contribution in [0.5, 0.6) is 0 Å². The predicted molar refractivity (Wildman–Crippen MR) is 105 cm³/mol. The highest BCUT2D eigenvalue weighted by Crippen LogP contribution is 2.39. The van der Waals surface area contributed by atoms with E-state index < -0.39 is 11.9 Å². The summed E-state index contributed by atoms with van der Waals surface area (Å²) in [6.07, 6.45) is 13.6. The summed E-state index contributed by atoms with van der Waals surface area (Å²) in [6, 6.07) is 0. The fourth-order valence-corrected chi connectivity index (χ4v) is 5.00. The van der Waals surface area contributed by atoms with Crippen molar-refractivity contribution in [1.29, 1.82) is 0 Å². The van der Waals surface area contributed by atoms with Crippen LogP contribution in [0.25, 0.3) is 10.2 Å². The molecule has 0 aromatic carbocycles. The van der Waals surface area contributed by atoms with Gasteiger partial charge in [0.1, 0.15) is 17.0 Å². The van der Waals surface area contributed by atoms with Crippen molar-refractivity contribution >= 4 is 39.3 Å². The first-order valence-electron chi connectivity index (χ1n) is 9.54. The van der Waals surface area contributed by atoms with Gasteiger partial charge >= 0.3 is 11.9 Å². The van der Waals surface area contributed by atoms with Gasteiger partial charge in [0, 0.05) is 18.0 Å². The Morgan fingerprint density at radius 1 is 0.889 bits per heavy atom. The fourth-order valence-electron chi connectivity index (χ4n) is 3.77. The molecule has 0 spiro atoms. The average molecular weight is 391 g/mol. The van der Waals surface area contributed by atoms with Gasteiger partial charge in [-0.2, -0.15) is 0 Å². The van der Waals surface area contributed by atoms with Crippen molar-refractivity contribution < 1.29 is 19.8 Å². The smallest absolute Gasteiger partial charge is 0.414 e. The van der Waals surface area contributed by atoms with E-state index in [0.29, 0.717) is 0 Å². The number of carboxylic acid groups (broad SMARTS) is 2. The van der Waals surface area contributed by atoms with Crippen molar-refractivity contribution in [1.82, 2.24) is 9.97 Å². The number of nitrogens with zero attached hydrogens (tertiary/aromatic N) is 3. The number of anilines is 1. The summed E-state index contributed by atoms with van der Waals surface area (Å²) in [5, 5.41) is 16.2. The number of hydrogen-bond donors (Lipinski definition) is 2. The van der Waals surface area contributed by atoms with Crippen molar-refractivity contribution in [3.05, 3.63) is 16.8 Å². The van der Waals surface area contributed by atoms with Crippen LogP contribution in [0.4, 0.5) is 5.82 Å².